The molecule has 0 aliphatic rings. The number of rotatable bonds is 3. The summed E-state index contributed by atoms with van der Waals surface area (Å²) in [7, 11) is 0. The number of nitrogens with zero attached hydrogens (tertiary/aromatic N) is 2. The van der Waals surface area contributed by atoms with Crippen LogP contribution in [0, 0.1) is 5.82 Å². The van der Waals surface area contributed by atoms with E-state index in [-0.39, 0.29) is 17.4 Å². The van der Waals surface area contributed by atoms with E-state index in [0.717, 1.165) is 0 Å². The van der Waals surface area contributed by atoms with Gasteiger partial charge in [0.05, 0.1) is 0 Å². The van der Waals surface area contributed by atoms with Crippen LogP contribution in [0.3, 0.4) is 0 Å². The van der Waals surface area contributed by atoms with E-state index in [1.54, 1.807) is 24.3 Å². The molecule has 6 heteroatoms. The van der Waals surface area contributed by atoms with Gasteiger partial charge in [0.15, 0.2) is 5.84 Å². The summed E-state index contributed by atoms with van der Waals surface area (Å²) in [5.74, 6) is 0.0173. The number of hydrogen-bond acceptors (Lipinski definition) is 4. The van der Waals surface area contributed by atoms with Crippen LogP contribution >= 0.6 is 0 Å². The van der Waals surface area contributed by atoms with Crippen molar-refractivity contribution < 1.29 is 14.3 Å². The average Bonchev–Trinajstić information content (AvgIpc) is 2.38. The second kappa shape index (κ2) is 5.13. The highest BCUT2D eigenvalue weighted by Gasteiger charge is 2.04. The van der Waals surface area contributed by atoms with Crippen LogP contribution in [0.1, 0.15) is 5.69 Å². The number of aromatic nitrogens is 1. The van der Waals surface area contributed by atoms with Crippen LogP contribution in [0.5, 0.6) is 11.6 Å². The second-order valence-electron chi connectivity index (χ2n) is 3.41. The van der Waals surface area contributed by atoms with Crippen molar-refractivity contribution in [1.29, 1.82) is 0 Å². The van der Waals surface area contributed by atoms with E-state index < -0.39 is 5.82 Å². The van der Waals surface area contributed by atoms with Gasteiger partial charge >= 0.3 is 0 Å². The molecule has 2 rings (SSSR count). The Morgan fingerprint density at radius 2 is 2.06 bits per heavy atom. The van der Waals surface area contributed by atoms with Gasteiger partial charge in [0.1, 0.15) is 17.3 Å². The van der Waals surface area contributed by atoms with Gasteiger partial charge in [-0.3, -0.25) is 0 Å². The van der Waals surface area contributed by atoms with E-state index in [0.29, 0.717) is 5.75 Å². The van der Waals surface area contributed by atoms with Gasteiger partial charge in [0.25, 0.3) is 0 Å². The summed E-state index contributed by atoms with van der Waals surface area (Å²) in [4.78, 5) is 4.01. The number of amidine groups is 1. The zero-order chi connectivity index (χ0) is 13.0. The number of nitrogens with two attached hydrogens (primary N) is 1. The van der Waals surface area contributed by atoms with Gasteiger partial charge in [0, 0.05) is 12.1 Å². The molecule has 18 heavy (non-hydrogen) atoms. The van der Waals surface area contributed by atoms with E-state index in [9.17, 15) is 4.39 Å². The lowest BCUT2D eigenvalue weighted by Crippen LogP contribution is -2.14. The minimum Gasteiger partial charge on any atom is -0.439 e. The predicted molar refractivity (Wildman–Crippen MR) is 63.2 cm³/mol. The van der Waals surface area contributed by atoms with E-state index in [4.69, 9.17) is 15.7 Å². The van der Waals surface area contributed by atoms with E-state index in [2.05, 4.69) is 10.1 Å². The Morgan fingerprint density at radius 3 is 2.78 bits per heavy atom. The third kappa shape index (κ3) is 2.73. The van der Waals surface area contributed by atoms with Crippen LogP contribution in [0.25, 0.3) is 0 Å². The Bertz CT molecular complexity index is 587. The molecule has 1 aromatic heterocycles. The van der Waals surface area contributed by atoms with Gasteiger partial charge < -0.3 is 15.7 Å². The molecule has 92 valence electrons. The molecule has 1 aromatic carbocycles. The number of halogens is 1. The molecule has 2 aromatic rings. The van der Waals surface area contributed by atoms with E-state index >= 15 is 0 Å². The van der Waals surface area contributed by atoms with Crippen LogP contribution in [0.15, 0.2) is 47.6 Å². The fourth-order valence-electron chi connectivity index (χ4n) is 1.32. The fourth-order valence-corrected chi connectivity index (χ4v) is 1.32. The smallest absolute Gasteiger partial charge is 0.219 e. The highest BCUT2D eigenvalue weighted by atomic mass is 19.1. The van der Waals surface area contributed by atoms with Gasteiger partial charge in [0.2, 0.25) is 5.88 Å². The molecule has 5 nitrogen and oxygen atoms in total. The van der Waals surface area contributed by atoms with Crippen LogP contribution in [-0.4, -0.2) is 16.0 Å². The van der Waals surface area contributed by atoms with Crippen LogP contribution in [0.2, 0.25) is 0 Å². The summed E-state index contributed by atoms with van der Waals surface area (Å²) in [6.45, 7) is 0. The standard InChI is InChI=1S/C12H10FN3O2/c13-8-3-1-4-9(7-8)18-11-6-2-5-10(15-11)12(14)16-17/h1-7,17H,(H2,14,16). The Balaban J connectivity index is 2.24. The molecule has 0 spiro atoms. The number of benzene rings is 1. The molecule has 0 radical (unpaired) electrons. The van der Waals surface area contributed by atoms with Crippen LogP contribution in [0.4, 0.5) is 4.39 Å². The van der Waals surface area contributed by atoms with Crippen molar-refractivity contribution in [3.63, 3.8) is 0 Å². The zero-order valence-corrected chi connectivity index (χ0v) is 9.25. The van der Waals surface area contributed by atoms with Crippen molar-refractivity contribution >= 4 is 5.84 Å². The van der Waals surface area contributed by atoms with E-state index in [1.165, 1.54) is 18.2 Å². The summed E-state index contributed by atoms with van der Waals surface area (Å²) in [5.41, 5.74) is 5.67. The Hall–Kier alpha value is -2.63. The van der Waals surface area contributed by atoms with Gasteiger partial charge in [-0.1, -0.05) is 17.3 Å². The van der Waals surface area contributed by atoms with Gasteiger partial charge in [-0.05, 0) is 18.2 Å². The summed E-state index contributed by atoms with van der Waals surface area (Å²) in [5, 5.41) is 11.4. The third-order valence-electron chi connectivity index (χ3n) is 2.11. The number of ether oxygens (including phenoxy) is 1. The molecule has 0 saturated carbocycles. The zero-order valence-electron chi connectivity index (χ0n) is 9.25. The second-order valence-corrected chi connectivity index (χ2v) is 3.41. The largest absolute Gasteiger partial charge is 0.439 e. The molecule has 0 atom stereocenters. The highest BCUT2D eigenvalue weighted by molar-refractivity contribution is 5.95. The van der Waals surface area contributed by atoms with Crippen molar-refractivity contribution in [2.24, 2.45) is 10.9 Å². The summed E-state index contributed by atoms with van der Waals surface area (Å²) in [6.07, 6.45) is 0. The lowest BCUT2D eigenvalue weighted by Gasteiger charge is -2.05. The third-order valence-corrected chi connectivity index (χ3v) is 2.11. The lowest BCUT2D eigenvalue weighted by atomic mass is 10.3. The molecule has 3 N–H and O–H groups in total. The molecule has 0 saturated heterocycles. The quantitative estimate of drug-likeness (QED) is 0.376. The molecular weight excluding hydrogens is 237 g/mol. The van der Waals surface area contributed by atoms with Crippen molar-refractivity contribution in [2.45, 2.75) is 0 Å². The monoisotopic (exact) mass is 247 g/mol. The summed E-state index contributed by atoms with van der Waals surface area (Å²) in [6, 6.07) is 10.4. The highest BCUT2D eigenvalue weighted by Crippen LogP contribution is 2.20. The molecule has 0 fully saturated rings. The van der Waals surface area contributed by atoms with Crippen LogP contribution in [-0.2, 0) is 0 Å². The molecule has 0 aliphatic heterocycles. The minimum atomic E-state index is -0.403. The van der Waals surface area contributed by atoms with Crippen LogP contribution < -0.4 is 10.5 Å². The number of pyridine rings is 1. The first-order valence-electron chi connectivity index (χ1n) is 5.07. The molecule has 1 heterocycles. The maximum absolute atomic E-state index is 13.0. The molecule has 0 amide bonds. The Kier molecular flexibility index (Phi) is 3.38. The fraction of sp³-hybridized carbons (Fsp3) is 0. The topological polar surface area (TPSA) is 80.7 Å². The molecule has 0 aliphatic carbocycles. The average molecular weight is 247 g/mol. The summed E-state index contributed by atoms with van der Waals surface area (Å²) < 4.78 is 18.3. The Labute approximate surface area is 102 Å². The van der Waals surface area contributed by atoms with Gasteiger partial charge in [-0.25, -0.2) is 9.37 Å². The normalized spacial score (nSPS) is 11.3. The SMILES string of the molecule is NC(=NO)c1cccc(Oc2cccc(F)c2)n1. The van der Waals surface area contributed by atoms with E-state index in [1.807, 2.05) is 0 Å². The molecule has 0 unspecified atom stereocenters. The van der Waals surface area contributed by atoms with Crippen molar-refractivity contribution in [3.05, 3.63) is 54.0 Å². The van der Waals surface area contributed by atoms with Crippen molar-refractivity contribution in [1.82, 2.24) is 4.98 Å². The lowest BCUT2D eigenvalue weighted by molar-refractivity contribution is 0.318. The molecule has 0 bridgehead atoms. The first-order chi connectivity index (χ1) is 8.69. The maximum atomic E-state index is 13.0. The number of hydrogen-bond donors (Lipinski definition) is 2. The van der Waals surface area contributed by atoms with Gasteiger partial charge in [-0.15, -0.1) is 0 Å². The first kappa shape index (κ1) is 11.8. The van der Waals surface area contributed by atoms with Gasteiger partial charge in [-0.2, -0.15) is 0 Å². The van der Waals surface area contributed by atoms with Crippen molar-refractivity contribution in [2.75, 3.05) is 0 Å². The maximum Gasteiger partial charge on any atom is 0.219 e. The summed E-state index contributed by atoms with van der Waals surface area (Å²) >= 11 is 0. The van der Waals surface area contributed by atoms with Crippen molar-refractivity contribution in [3.8, 4) is 11.6 Å². The Morgan fingerprint density at radius 1 is 1.28 bits per heavy atom. The molecular formula is C12H10FN3O2. The predicted octanol–water partition coefficient (Wildman–Crippen LogP) is 2.11. The number of oxime groups is 1. The first-order valence-corrected chi connectivity index (χ1v) is 5.07. The minimum absolute atomic E-state index is 0.125.